The first-order valence-electron chi connectivity index (χ1n) is 16.7. The minimum absolute atomic E-state index is 0.160. The van der Waals surface area contributed by atoms with E-state index < -0.39 is 44.6 Å². The highest BCUT2D eigenvalue weighted by atomic mass is 32.2. The number of fused-ring (bicyclic) bond motifs is 5. The van der Waals surface area contributed by atoms with Crippen molar-refractivity contribution < 1.29 is 52.1 Å². The molecule has 3 nitrogen and oxygen atoms in total. The maximum atomic E-state index is 14.3. The molecule has 13 heteroatoms. The fourth-order valence-corrected chi connectivity index (χ4v) is 8.38. The normalized spacial score (nSPS) is 15.4. The molecule has 8 rings (SSSR count). The number of benzene rings is 6. The zero-order chi connectivity index (χ0) is 39.9. The zero-order valence-electron chi connectivity index (χ0n) is 28.3. The summed E-state index contributed by atoms with van der Waals surface area (Å²) in [6.45, 7) is 0. The van der Waals surface area contributed by atoms with Crippen LogP contribution in [0.1, 0.15) is 22.3 Å². The molecule has 0 spiro atoms. The van der Waals surface area contributed by atoms with Crippen molar-refractivity contribution in [2.24, 2.45) is 0 Å². The van der Waals surface area contributed by atoms with E-state index in [0.29, 0.717) is 16.2 Å². The van der Waals surface area contributed by atoms with Crippen molar-refractivity contribution in [3.05, 3.63) is 179 Å². The van der Waals surface area contributed by atoms with E-state index in [1.165, 1.54) is 12.1 Å². The Hall–Kier alpha value is -6.00. The Morgan fingerprint density at radius 3 is 1.70 bits per heavy atom. The van der Waals surface area contributed by atoms with E-state index >= 15 is 0 Å². The van der Waals surface area contributed by atoms with Gasteiger partial charge < -0.3 is 4.18 Å². The second-order valence-electron chi connectivity index (χ2n) is 13.2. The van der Waals surface area contributed by atoms with Crippen molar-refractivity contribution in [2.45, 2.75) is 28.7 Å². The van der Waals surface area contributed by atoms with Gasteiger partial charge in [-0.05, 0) is 102 Å². The SMILES string of the molecule is O=S(=O)(Oc1ccc2c(ccc3cc(-c4ccc5c(c4)C(c4ccccc4)(c4ccccc4)C4=C5C=C=C=C4)ccc32)c1)C(F)(F)C(F)(F)C(F)(F)C(F)(F)F. The van der Waals surface area contributed by atoms with E-state index in [1.807, 2.05) is 66.7 Å². The maximum Gasteiger partial charge on any atom is 0.460 e. The van der Waals surface area contributed by atoms with Crippen LogP contribution < -0.4 is 4.18 Å². The van der Waals surface area contributed by atoms with Crippen molar-refractivity contribution in [3.63, 3.8) is 0 Å². The highest BCUT2D eigenvalue weighted by molar-refractivity contribution is 7.88. The molecule has 0 aromatic heterocycles. The van der Waals surface area contributed by atoms with E-state index in [4.69, 9.17) is 0 Å². The van der Waals surface area contributed by atoms with Gasteiger partial charge in [-0.2, -0.15) is 47.9 Å². The lowest BCUT2D eigenvalue weighted by atomic mass is 9.66. The average Bonchev–Trinajstić information content (AvgIpc) is 3.48. The van der Waals surface area contributed by atoms with E-state index in [0.717, 1.165) is 56.7 Å². The molecule has 56 heavy (non-hydrogen) atoms. The Morgan fingerprint density at radius 1 is 0.554 bits per heavy atom. The fraction of sp³-hybridized carbons (Fsp3) is 0.116. The standard InChI is InChI=1S/C43H23F9O3S/c44-40(45,42(48,49)50)41(46,47)43(51,52)56(53,54)55-32-19-22-34-29(24-32)16-15-28-23-26(17-20-33(28)34)27-18-21-36-35-13-7-8-14-37(35)39(38(36)25-27,30-9-3-1-4-10-30)31-11-5-2-6-12-31/h1-6,9-25H. The molecular weight excluding hydrogens is 768 g/mol. The van der Waals surface area contributed by atoms with Gasteiger partial charge in [0.25, 0.3) is 0 Å². The average molecular weight is 791 g/mol. The molecule has 6 aromatic rings. The Balaban J connectivity index is 1.17. The molecule has 0 saturated carbocycles. The first kappa shape index (κ1) is 36.9. The van der Waals surface area contributed by atoms with Crippen molar-refractivity contribution in [2.75, 3.05) is 0 Å². The summed E-state index contributed by atoms with van der Waals surface area (Å²) in [6, 6.07) is 38.0. The lowest BCUT2D eigenvalue weighted by Gasteiger charge is -2.35. The van der Waals surface area contributed by atoms with Crippen molar-refractivity contribution in [1.82, 2.24) is 0 Å². The van der Waals surface area contributed by atoms with Crippen LogP contribution in [-0.4, -0.2) is 31.7 Å². The molecule has 2 aliphatic rings. The molecule has 0 bridgehead atoms. The summed E-state index contributed by atoms with van der Waals surface area (Å²) in [4.78, 5) is 0. The Bertz CT molecular complexity index is 2790. The molecule has 0 unspecified atom stereocenters. The van der Waals surface area contributed by atoms with Gasteiger partial charge in [-0.25, -0.2) is 0 Å². The van der Waals surface area contributed by atoms with Gasteiger partial charge in [-0.1, -0.05) is 115 Å². The number of rotatable bonds is 8. The zero-order valence-corrected chi connectivity index (χ0v) is 29.1. The van der Waals surface area contributed by atoms with Crippen LogP contribution in [0.15, 0.2) is 157 Å². The lowest BCUT2D eigenvalue weighted by molar-refractivity contribution is -0.382. The highest BCUT2D eigenvalue weighted by Crippen LogP contribution is 2.57. The van der Waals surface area contributed by atoms with Gasteiger partial charge in [-0.3, -0.25) is 0 Å². The lowest BCUT2D eigenvalue weighted by Crippen LogP contribution is -2.63. The number of alkyl halides is 9. The molecular formula is C43H23F9O3S. The highest BCUT2D eigenvalue weighted by Gasteiger charge is 2.86. The first-order valence-corrected chi connectivity index (χ1v) is 18.1. The first-order chi connectivity index (χ1) is 26.4. The predicted octanol–water partition coefficient (Wildman–Crippen LogP) is 11.8. The molecule has 0 atom stereocenters. The van der Waals surface area contributed by atoms with Crippen LogP contribution in [-0.2, 0) is 15.5 Å². The summed E-state index contributed by atoms with van der Waals surface area (Å²) in [7, 11) is -7.09. The third-order valence-corrected chi connectivity index (χ3v) is 11.4. The Kier molecular flexibility index (Phi) is 8.25. The van der Waals surface area contributed by atoms with E-state index in [2.05, 4.69) is 52.0 Å². The molecule has 0 amide bonds. The molecule has 0 heterocycles. The number of hydrogen-bond donors (Lipinski definition) is 0. The largest absolute Gasteiger partial charge is 0.460 e. The third-order valence-electron chi connectivity index (χ3n) is 10.1. The monoisotopic (exact) mass is 790 g/mol. The minimum Gasteiger partial charge on any atom is -0.378 e. The van der Waals surface area contributed by atoms with Crippen LogP contribution in [0.5, 0.6) is 5.75 Å². The molecule has 0 saturated heterocycles. The smallest absolute Gasteiger partial charge is 0.378 e. The minimum atomic E-state index is -7.41. The van der Waals surface area contributed by atoms with E-state index in [1.54, 1.807) is 12.1 Å². The second-order valence-corrected chi connectivity index (χ2v) is 14.8. The molecule has 2 aliphatic carbocycles. The van der Waals surface area contributed by atoms with Gasteiger partial charge in [0.05, 0.1) is 5.41 Å². The van der Waals surface area contributed by atoms with Gasteiger partial charge >= 0.3 is 33.4 Å². The van der Waals surface area contributed by atoms with Crippen LogP contribution >= 0.6 is 0 Å². The third kappa shape index (κ3) is 5.26. The van der Waals surface area contributed by atoms with Gasteiger partial charge in [0.15, 0.2) is 0 Å². The van der Waals surface area contributed by atoms with Crippen LogP contribution in [0.4, 0.5) is 39.5 Å². The summed E-state index contributed by atoms with van der Waals surface area (Å²) < 4.78 is 149. The van der Waals surface area contributed by atoms with Gasteiger partial charge in [0.1, 0.15) is 5.75 Å². The molecule has 0 radical (unpaired) electrons. The van der Waals surface area contributed by atoms with Crippen molar-refractivity contribution >= 4 is 37.2 Å². The van der Waals surface area contributed by atoms with E-state index in [-0.39, 0.29) is 5.39 Å². The Morgan fingerprint density at radius 2 is 1.09 bits per heavy atom. The summed E-state index contributed by atoms with van der Waals surface area (Å²) in [5.74, 6) is -15.8. The molecule has 0 N–H and O–H groups in total. The maximum absolute atomic E-state index is 14.3. The molecule has 6 aromatic carbocycles. The number of hydrogen-bond acceptors (Lipinski definition) is 3. The summed E-state index contributed by atoms with van der Waals surface area (Å²) in [5, 5.41) is -5.09. The number of allylic oxidation sites excluding steroid dienone is 4. The van der Waals surface area contributed by atoms with Crippen molar-refractivity contribution in [1.29, 1.82) is 0 Å². The van der Waals surface area contributed by atoms with Crippen molar-refractivity contribution in [3.8, 4) is 16.9 Å². The van der Waals surface area contributed by atoms with Gasteiger partial charge in [-0.15, -0.1) is 0 Å². The quantitative estimate of drug-likeness (QED) is 0.0667. The van der Waals surface area contributed by atoms with Crippen LogP contribution in [0.25, 0.3) is 38.2 Å². The Labute approximate surface area is 313 Å². The summed E-state index contributed by atoms with van der Waals surface area (Å²) in [5.41, 5.74) is 13.5. The van der Waals surface area contributed by atoms with Gasteiger partial charge in [0.2, 0.25) is 0 Å². The number of halogens is 9. The summed E-state index contributed by atoms with van der Waals surface area (Å²) >= 11 is 0. The summed E-state index contributed by atoms with van der Waals surface area (Å²) in [6.07, 6.45) is -3.30. The second kappa shape index (κ2) is 12.5. The van der Waals surface area contributed by atoms with Gasteiger partial charge in [0, 0.05) is 0 Å². The molecule has 282 valence electrons. The predicted molar refractivity (Wildman–Crippen MR) is 193 cm³/mol. The molecule has 0 aliphatic heterocycles. The fourth-order valence-electron chi connectivity index (χ4n) is 7.47. The van der Waals surface area contributed by atoms with Crippen LogP contribution in [0.3, 0.4) is 0 Å². The van der Waals surface area contributed by atoms with E-state index in [9.17, 15) is 47.9 Å². The topological polar surface area (TPSA) is 43.4 Å². The van der Waals surface area contributed by atoms with Crippen LogP contribution in [0, 0.1) is 0 Å². The molecule has 0 fully saturated rings. The van der Waals surface area contributed by atoms with Crippen LogP contribution in [0.2, 0.25) is 0 Å².